The minimum Gasteiger partial charge on any atom is -0.390 e. The van der Waals surface area contributed by atoms with Gasteiger partial charge in [-0.05, 0) is 40.5 Å². The fourth-order valence-corrected chi connectivity index (χ4v) is 2.25. The van der Waals surface area contributed by atoms with Crippen LogP contribution in [0, 0.1) is 5.92 Å². The van der Waals surface area contributed by atoms with Crippen molar-refractivity contribution in [2.75, 3.05) is 13.1 Å². The Hall–Kier alpha value is -0.610. The number of nitrogens with zero attached hydrogens (tertiary/aromatic N) is 1. The van der Waals surface area contributed by atoms with E-state index < -0.39 is 11.2 Å². The van der Waals surface area contributed by atoms with Crippen LogP contribution < -0.4 is 0 Å². The lowest BCUT2D eigenvalue weighted by atomic mass is 9.71. The summed E-state index contributed by atoms with van der Waals surface area (Å²) in [7, 11) is 0. The molecule has 16 heavy (non-hydrogen) atoms. The maximum absolute atomic E-state index is 12.0. The zero-order valence-electron chi connectivity index (χ0n) is 10.7. The summed E-state index contributed by atoms with van der Waals surface area (Å²) >= 11 is 0. The van der Waals surface area contributed by atoms with E-state index in [0.717, 1.165) is 0 Å². The van der Waals surface area contributed by atoms with Gasteiger partial charge in [-0.25, -0.2) is 0 Å². The summed E-state index contributed by atoms with van der Waals surface area (Å²) in [5.74, 6) is -0.0200. The molecule has 0 bridgehead atoms. The van der Waals surface area contributed by atoms with Crippen LogP contribution in [0.2, 0.25) is 0 Å². The summed E-state index contributed by atoms with van der Waals surface area (Å²) in [5, 5.41) is 19.3. The first-order valence-electron chi connectivity index (χ1n) is 5.88. The van der Waals surface area contributed by atoms with Gasteiger partial charge in [0.25, 0.3) is 0 Å². The summed E-state index contributed by atoms with van der Waals surface area (Å²) in [6.45, 7) is 7.99. The molecule has 1 rings (SSSR count). The summed E-state index contributed by atoms with van der Waals surface area (Å²) in [5.41, 5.74) is -1.54. The van der Waals surface area contributed by atoms with Crippen LogP contribution in [-0.4, -0.2) is 45.3 Å². The number of rotatable bonds is 4. The Morgan fingerprint density at radius 3 is 2.31 bits per heavy atom. The molecule has 0 heterocycles. The quantitative estimate of drug-likeness (QED) is 0.748. The van der Waals surface area contributed by atoms with Gasteiger partial charge >= 0.3 is 0 Å². The van der Waals surface area contributed by atoms with E-state index in [0.29, 0.717) is 25.9 Å². The fourth-order valence-electron chi connectivity index (χ4n) is 2.25. The van der Waals surface area contributed by atoms with Crippen molar-refractivity contribution in [3.05, 3.63) is 0 Å². The average Bonchev–Trinajstić information content (AvgIpc) is 2.07. The van der Waals surface area contributed by atoms with Crippen LogP contribution in [0.5, 0.6) is 0 Å². The SMILES string of the molecule is CCN(CC(C)(C)O)C(=O)C1CC(C)(O)C1. The molecule has 4 heteroatoms. The monoisotopic (exact) mass is 229 g/mol. The molecule has 4 nitrogen and oxygen atoms in total. The number of hydrogen-bond donors (Lipinski definition) is 2. The zero-order chi connectivity index (χ0) is 12.6. The molecule has 0 aliphatic heterocycles. The zero-order valence-corrected chi connectivity index (χ0v) is 10.7. The summed E-state index contributed by atoms with van der Waals surface area (Å²) in [6.07, 6.45) is 1.07. The van der Waals surface area contributed by atoms with Gasteiger partial charge in [-0.1, -0.05) is 0 Å². The normalized spacial score (nSPS) is 29.8. The third-order valence-electron chi connectivity index (χ3n) is 2.99. The molecule has 0 aromatic heterocycles. The maximum Gasteiger partial charge on any atom is 0.225 e. The van der Waals surface area contributed by atoms with Gasteiger partial charge in [0, 0.05) is 19.0 Å². The van der Waals surface area contributed by atoms with Crippen molar-refractivity contribution in [1.82, 2.24) is 4.90 Å². The van der Waals surface area contributed by atoms with Crippen LogP contribution >= 0.6 is 0 Å². The highest BCUT2D eigenvalue weighted by atomic mass is 16.3. The second-order valence-electron chi connectivity index (χ2n) is 5.77. The van der Waals surface area contributed by atoms with E-state index in [-0.39, 0.29) is 11.8 Å². The van der Waals surface area contributed by atoms with Crippen LogP contribution in [0.4, 0.5) is 0 Å². The molecule has 94 valence electrons. The second kappa shape index (κ2) is 4.34. The second-order valence-corrected chi connectivity index (χ2v) is 5.77. The highest BCUT2D eigenvalue weighted by Crippen LogP contribution is 2.38. The molecule has 0 aromatic carbocycles. The van der Waals surface area contributed by atoms with Crippen molar-refractivity contribution in [2.24, 2.45) is 5.92 Å². The Labute approximate surface area is 97.3 Å². The van der Waals surface area contributed by atoms with E-state index in [1.165, 1.54) is 0 Å². The minimum atomic E-state index is -0.863. The van der Waals surface area contributed by atoms with Gasteiger partial charge in [-0.15, -0.1) is 0 Å². The molecule has 1 aliphatic carbocycles. The van der Waals surface area contributed by atoms with E-state index in [4.69, 9.17) is 0 Å². The third-order valence-corrected chi connectivity index (χ3v) is 2.99. The van der Waals surface area contributed by atoms with Crippen molar-refractivity contribution in [3.63, 3.8) is 0 Å². The summed E-state index contributed by atoms with van der Waals surface area (Å²) in [6, 6.07) is 0. The smallest absolute Gasteiger partial charge is 0.225 e. The van der Waals surface area contributed by atoms with Crippen molar-refractivity contribution >= 4 is 5.91 Å². The van der Waals surface area contributed by atoms with Crippen molar-refractivity contribution < 1.29 is 15.0 Å². The van der Waals surface area contributed by atoms with E-state index in [9.17, 15) is 15.0 Å². The van der Waals surface area contributed by atoms with Gasteiger partial charge in [0.05, 0.1) is 11.2 Å². The molecular formula is C12H23NO3. The lowest BCUT2D eigenvalue weighted by molar-refractivity contribution is -0.152. The Morgan fingerprint density at radius 2 is 2.00 bits per heavy atom. The van der Waals surface area contributed by atoms with Crippen LogP contribution in [0.1, 0.15) is 40.5 Å². The largest absolute Gasteiger partial charge is 0.390 e. The first-order chi connectivity index (χ1) is 7.14. The van der Waals surface area contributed by atoms with Gasteiger partial charge in [0.15, 0.2) is 0 Å². The van der Waals surface area contributed by atoms with Crippen molar-refractivity contribution in [2.45, 2.75) is 51.7 Å². The van der Waals surface area contributed by atoms with Gasteiger partial charge in [-0.3, -0.25) is 4.79 Å². The predicted molar refractivity (Wildman–Crippen MR) is 61.9 cm³/mol. The molecule has 0 unspecified atom stereocenters. The molecule has 1 fully saturated rings. The van der Waals surface area contributed by atoms with E-state index in [1.807, 2.05) is 6.92 Å². The number of hydrogen-bond acceptors (Lipinski definition) is 3. The first-order valence-corrected chi connectivity index (χ1v) is 5.88. The molecule has 0 spiro atoms. The highest BCUT2D eigenvalue weighted by Gasteiger charge is 2.44. The van der Waals surface area contributed by atoms with E-state index >= 15 is 0 Å². The Kier molecular flexibility index (Phi) is 3.65. The summed E-state index contributed by atoms with van der Waals surface area (Å²) in [4.78, 5) is 13.7. The van der Waals surface area contributed by atoms with Crippen LogP contribution in [-0.2, 0) is 4.79 Å². The predicted octanol–water partition coefficient (Wildman–Crippen LogP) is 0.767. The van der Waals surface area contributed by atoms with E-state index in [2.05, 4.69) is 0 Å². The fraction of sp³-hybridized carbons (Fsp3) is 0.917. The molecule has 1 aliphatic rings. The van der Waals surface area contributed by atoms with Crippen molar-refractivity contribution in [1.29, 1.82) is 0 Å². The molecule has 1 amide bonds. The number of amides is 1. The maximum atomic E-state index is 12.0. The van der Waals surface area contributed by atoms with Gasteiger partial charge in [0.1, 0.15) is 0 Å². The number of likely N-dealkylation sites (N-methyl/N-ethyl adjacent to an activating group) is 1. The standard InChI is InChI=1S/C12H23NO3/c1-5-13(8-11(2,3)15)10(14)9-6-12(4,16)7-9/h9,15-16H,5-8H2,1-4H3. The lowest BCUT2D eigenvalue weighted by Gasteiger charge is -2.42. The van der Waals surface area contributed by atoms with Crippen molar-refractivity contribution in [3.8, 4) is 0 Å². The van der Waals surface area contributed by atoms with Gasteiger partial charge < -0.3 is 15.1 Å². The number of aliphatic hydroxyl groups is 2. The molecule has 1 saturated carbocycles. The summed E-state index contributed by atoms with van der Waals surface area (Å²) < 4.78 is 0. The van der Waals surface area contributed by atoms with Crippen LogP contribution in [0.25, 0.3) is 0 Å². The number of carbonyl (C=O) groups excluding carboxylic acids is 1. The first kappa shape index (κ1) is 13.5. The highest BCUT2D eigenvalue weighted by molar-refractivity contribution is 5.80. The Morgan fingerprint density at radius 1 is 1.50 bits per heavy atom. The third kappa shape index (κ3) is 3.46. The Bertz CT molecular complexity index is 260. The minimum absolute atomic E-state index is 0.0520. The molecule has 0 atom stereocenters. The average molecular weight is 229 g/mol. The van der Waals surface area contributed by atoms with Crippen LogP contribution in [0.15, 0.2) is 0 Å². The number of carbonyl (C=O) groups is 1. The molecular weight excluding hydrogens is 206 g/mol. The Balaban J connectivity index is 2.52. The lowest BCUT2D eigenvalue weighted by Crippen LogP contribution is -2.52. The van der Waals surface area contributed by atoms with Crippen LogP contribution in [0.3, 0.4) is 0 Å². The van der Waals surface area contributed by atoms with Gasteiger partial charge in [0.2, 0.25) is 5.91 Å². The van der Waals surface area contributed by atoms with Gasteiger partial charge in [-0.2, -0.15) is 0 Å². The van der Waals surface area contributed by atoms with E-state index in [1.54, 1.807) is 25.7 Å². The molecule has 2 N–H and O–H groups in total. The molecule has 0 radical (unpaired) electrons. The topological polar surface area (TPSA) is 60.8 Å². The molecule has 0 aromatic rings. The molecule has 0 saturated heterocycles.